The predicted octanol–water partition coefficient (Wildman–Crippen LogP) is 2.99. The van der Waals surface area contributed by atoms with Crippen LogP contribution in [0.2, 0.25) is 0 Å². The van der Waals surface area contributed by atoms with Gasteiger partial charge in [-0.15, -0.1) is 0 Å². The van der Waals surface area contributed by atoms with Gasteiger partial charge in [-0.1, -0.05) is 36.4 Å². The second-order valence-electron chi connectivity index (χ2n) is 4.34. The quantitative estimate of drug-likeness (QED) is 0.806. The summed E-state index contributed by atoms with van der Waals surface area (Å²) in [5.41, 5.74) is 1.95. The fourth-order valence-electron chi connectivity index (χ4n) is 2.11. The van der Waals surface area contributed by atoms with Gasteiger partial charge in [0.05, 0.1) is 6.04 Å². The van der Waals surface area contributed by atoms with Crippen LogP contribution >= 0.6 is 0 Å². The lowest BCUT2D eigenvalue weighted by Crippen LogP contribution is -2.11. The molecule has 1 aromatic heterocycles. The van der Waals surface area contributed by atoms with E-state index in [4.69, 9.17) is 4.74 Å². The third-order valence-electron chi connectivity index (χ3n) is 3.01. The van der Waals surface area contributed by atoms with E-state index < -0.39 is 0 Å². The van der Waals surface area contributed by atoms with Crippen molar-refractivity contribution in [2.24, 2.45) is 4.99 Å². The summed E-state index contributed by atoms with van der Waals surface area (Å²) >= 11 is 0. The lowest BCUT2D eigenvalue weighted by Gasteiger charge is -2.14. The van der Waals surface area contributed by atoms with Gasteiger partial charge in [0.15, 0.2) is 0 Å². The third kappa shape index (κ3) is 1.99. The SMILES string of the molecule is CC1N=C(c2ccccn2)O[C@H]1c1ccccc1. The highest BCUT2D eigenvalue weighted by atomic mass is 16.5. The number of aliphatic imine (C=N–C) groups is 1. The summed E-state index contributed by atoms with van der Waals surface area (Å²) in [6.45, 7) is 2.06. The standard InChI is InChI=1S/C15H14N2O/c1-11-14(12-7-3-2-4-8-12)18-15(17-11)13-9-5-6-10-16-13/h2-11,14H,1H3/t11?,14-/m1/s1. The van der Waals surface area contributed by atoms with Crippen LogP contribution in [-0.4, -0.2) is 16.9 Å². The lowest BCUT2D eigenvalue weighted by molar-refractivity contribution is 0.202. The second kappa shape index (κ2) is 4.61. The minimum Gasteiger partial charge on any atom is -0.466 e. The van der Waals surface area contributed by atoms with Crippen LogP contribution in [0.3, 0.4) is 0 Å². The van der Waals surface area contributed by atoms with Gasteiger partial charge >= 0.3 is 0 Å². The van der Waals surface area contributed by atoms with E-state index in [1.807, 2.05) is 36.4 Å². The van der Waals surface area contributed by atoms with Crippen LogP contribution < -0.4 is 0 Å². The summed E-state index contributed by atoms with van der Waals surface area (Å²) in [5, 5.41) is 0. The van der Waals surface area contributed by atoms with Crippen molar-refractivity contribution in [1.29, 1.82) is 0 Å². The molecule has 1 unspecified atom stereocenters. The van der Waals surface area contributed by atoms with Gasteiger partial charge < -0.3 is 4.74 Å². The van der Waals surface area contributed by atoms with E-state index in [-0.39, 0.29) is 12.1 Å². The number of benzene rings is 1. The monoisotopic (exact) mass is 238 g/mol. The summed E-state index contributed by atoms with van der Waals surface area (Å²) < 4.78 is 5.93. The Morgan fingerprint density at radius 1 is 1.00 bits per heavy atom. The van der Waals surface area contributed by atoms with Gasteiger partial charge in [0.1, 0.15) is 11.8 Å². The smallest absolute Gasteiger partial charge is 0.236 e. The van der Waals surface area contributed by atoms with Crippen molar-refractivity contribution in [2.45, 2.75) is 19.1 Å². The van der Waals surface area contributed by atoms with Gasteiger partial charge in [-0.2, -0.15) is 0 Å². The van der Waals surface area contributed by atoms with Crippen molar-refractivity contribution in [3.63, 3.8) is 0 Å². The fourth-order valence-corrected chi connectivity index (χ4v) is 2.11. The first-order valence-electron chi connectivity index (χ1n) is 6.05. The largest absolute Gasteiger partial charge is 0.466 e. The average Bonchev–Trinajstić information content (AvgIpc) is 2.83. The molecule has 0 spiro atoms. The Hall–Kier alpha value is -2.16. The van der Waals surface area contributed by atoms with E-state index in [2.05, 4.69) is 29.0 Å². The molecule has 3 heteroatoms. The highest BCUT2D eigenvalue weighted by molar-refractivity contribution is 5.93. The molecule has 3 rings (SSSR count). The normalized spacial score (nSPS) is 22.4. The molecule has 0 amide bonds. The van der Waals surface area contributed by atoms with Gasteiger partial charge in [0, 0.05) is 6.20 Å². The van der Waals surface area contributed by atoms with Crippen LogP contribution in [0, 0.1) is 0 Å². The predicted molar refractivity (Wildman–Crippen MR) is 70.5 cm³/mol. The van der Waals surface area contributed by atoms with E-state index >= 15 is 0 Å². The summed E-state index contributed by atoms with van der Waals surface area (Å²) in [7, 11) is 0. The summed E-state index contributed by atoms with van der Waals surface area (Å²) in [6, 6.07) is 16.0. The molecule has 0 saturated carbocycles. The summed E-state index contributed by atoms with van der Waals surface area (Å²) in [6.07, 6.45) is 1.74. The number of ether oxygens (including phenoxy) is 1. The molecule has 2 atom stereocenters. The van der Waals surface area contributed by atoms with E-state index in [1.54, 1.807) is 6.20 Å². The van der Waals surface area contributed by atoms with E-state index in [9.17, 15) is 0 Å². The second-order valence-corrected chi connectivity index (χ2v) is 4.34. The number of hydrogen-bond acceptors (Lipinski definition) is 3. The summed E-state index contributed by atoms with van der Waals surface area (Å²) in [4.78, 5) is 8.82. The average molecular weight is 238 g/mol. The first-order chi connectivity index (χ1) is 8.84. The maximum absolute atomic E-state index is 5.93. The Balaban J connectivity index is 1.85. The van der Waals surface area contributed by atoms with Crippen molar-refractivity contribution < 1.29 is 4.74 Å². The molecule has 1 aliphatic rings. The fraction of sp³-hybridized carbons (Fsp3) is 0.200. The molecule has 0 radical (unpaired) electrons. The van der Waals surface area contributed by atoms with Crippen LogP contribution in [0.25, 0.3) is 0 Å². The molecule has 1 aliphatic heterocycles. The first kappa shape index (κ1) is 11.0. The van der Waals surface area contributed by atoms with Crippen LogP contribution in [0.4, 0.5) is 0 Å². The maximum atomic E-state index is 5.93. The van der Waals surface area contributed by atoms with Crippen LogP contribution in [-0.2, 0) is 4.74 Å². The lowest BCUT2D eigenvalue weighted by atomic mass is 10.0. The molecule has 2 aromatic rings. The van der Waals surface area contributed by atoms with E-state index in [1.165, 1.54) is 0 Å². The zero-order chi connectivity index (χ0) is 12.4. The Kier molecular flexibility index (Phi) is 2.81. The Morgan fingerprint density at radius 3 is 2.50 bits per heavy atom. The van der Waals surface area contributed by atoms with Gasteiger partial charge in [0.25, 0.3) is 0 Å². The molecule has 2 heterocycles. The summed E-state index contributed by atoms with van der Waals surface area (Å²) in [5.74, 6) is 0.636. The van der Waals surface area contributed by atoms with Gasteiger partial charge in [-0.3, -0.25) is 4.98 Å². The zero-order valence-electron chi connectivity index (χ0n) is 10.2. The topological polar surface area (TPSA) is 34.5 Å². The number of aromatic nitrogens is 1. The molecule has 0 bridgehead atoms. The minimum absolute atomic E-state index is 0.0109. The number of hydrogen-bond donors (Lipinski definition) is 0. The Bertz CT molecular complexity index is 551. The third-order valence-corrected chi connectivity index (χ3v) is 3.01. The van der Waals surface area contributed by atoms with Gasteiger partial charge in [-0.25, -0.2) is 4.99 Å². The van der Waals surface area contributed by atoms with Crippen molar-refractivity contribution in [3.8, 4) is 0 Å². The van der Waals surface area contributed by atoms with Crippen molar-refractivity contribution in [1.82, 2.24) is 4.98 Å². The molecule has 18 heavy (non-hydrogen) atoms. The van der Waals surface area contributed by atoms with Crippen LogP contribution in [0.15, 0.2) is 59.7 Å². The molecule has 90 valence electrons. The molecular formula is C15H14N2O. The van der Waals surface area contributed by atoms with Gasteiger partial charge in [-0.05, 0) is 24.6 Å². The van der Waals surface area contributed by atoms with Gasteiger partial charge in [0.2, 0.25) is 5.90 Å². The molecular weight excluding hydrogens is 224 g/mol. The van der Waals surface area contributed by atoms with Crippen molar-refractivity contribution in [2.75, 3.05) is 0 Å². The molecule has 0 aliphatic carbocycles. The highest BCUT2D eigenvalue weighted by Crippen LogP contribution is 2.30. The number of nitrogens with zero attached hydrogens (tertiary/aromatic N) is 2. The van der Waals surface area contributed by atoms with E-state index in [0.717, 1.165) is 11.3 Å². The molecule has 0 N–H and O–H groups in total. The van der Waals surface area contributed by atoms with E-state index in [0.29, 0.717) is 5.90 Å². The molecule has 0 saturated heterocycles. The van der Waals surface area contributed by atoms with Crippen molar-refractivity contribution >= 4 is 5.90 Å². The number of pyridine rings is 1. The van der Waals surface area contributed by atoms with Crippen LogP contribution in [0.5, 0.6) is 0 Å². The Labute approximate surface area is 106 Å². The first-order valence-corrected chi connectivity index (χ1v) is 6.05. The Morgan fingerprint density at radius 2 is 1.78 bits per heavy atom. The zero-order valence-corrected chi connectivity index (χ0v) is 10.2. The van der Waals surface area contributed by atoms with Crippen LogP contribution in [0.1, 0.15) is 24.3 Å². The van der Waals surface area contributed by atoms with Crippen molar-refractivity contribution in [3.05, 3.63) is 66.0 Å². The minimum atomic E-state index is -0.0109. The molecule has 3 nitrogen and oxygen atoms in total. The molecule has 0 fully saturated rings. The maximum Gasteiger partial charge on any atom is 0.236 e. The molecule has 1 aromatic carbocycles. The highest BCUT2D eigenvalue weighted by Gasteiger charge is 2.29. The number of rotatable bonds is 2.